The lowest BCUT2D eigenvalue weighted by molar-refractivity contribution is 0.122. The van der Waals surface area contributed by atoms with E-state index in [4.69, 9.17) is 22.1 Å². The molecule has 0 atom stereocenters. The molecule has 0 aromatic carbocycles. The van der Waals surface area contributed by atoms with Crippen LogP contribution in [0.1, 0.15) is 18.5 Å². The number of ether oxygens (including phenoxy) is 1. The summed E-state index contributed by atoms with van der Waals surface area (Å²) < 4.78 is 29.3. The zero-order valence-electron chi connectivity index (χ0n) is 14.9. The second kappa shape index (κ2) is 6.57. The van der Waals surface area contributed by atoms with Crippen molar-refractivity contribution in [3.63, 3.8) is 0 Å². The topological polar surface area (TPSA) is 111 Å². The number of rotatable bonds is 4. The number of anilines is 2. The highest BCUT2D eigenvalue weighted by Gasteiger charge is 2.55. The lowest BCUT2D eigenvalue weighted by atomic mass is 10.1. The lowest BCUT2D eigenvalue weighted by Gasteiger charge is -2.28. The monoisotopic (exact) mass is 409 g/mol. The predicted octanol–water partition coefficient (Wildman–Crippen LogP) is 1.64. The van der Waals surface area contributed by atoms with Crippen molar-refractivity contribution in [1.82, 2.24) is 15.0 Å². The Bertz CT molecular complexity index is 988. The number of nitrogens with two attached hydrogens (primary N) is 1. The minimum Gasteiger partial charge on any atom is -0.384 e. The van der Waals surface area contributed by atoms with Crippen molar-refractivity contribution in [3.05, 3.63) is 29.0 Å². The number of halogens is 1. The van der Waals surface area contributed by atoms with E-state index in [0.717, 1.165) is 0 Å². The van der Waals surface area contributed by atoms with E-state index in [1.807, 2.05) is 4.90 Å². The minimum absolute atomic E-state index is 0.307. The predicted molar refractivity (Wildman–Crippen MR) is 103 cm³/mol. The van der Waals surface area contributed by atoms with Crippen LogP contribution in [0.25, 0.3) is 11.3 Å². The summed E-state index contributed by atoms with van der Waals surface area (Å²) in [4.78, 5) is 15.4. The molecule has 0 spiro atoms. The Hall–Kier alpha value is -1.97. The van der Waals surface area contributed by atoms with Crippen LogP contribution in [0, 0.1) is 0 Å². The van der Waals surface area contributed by atoms with E-state index in [-0.39, 0.29) is 0 Å². The molecule has 27 heavy (non-hydrogen) atoms. The van der Waals surface area contributed by atoms with Gasteiger partial charge in [-0.25, -0.2) is 23.4 Å². The number of nitrogens with zero attached hydrogens (tertiary/aromatic N) is 4. The van der Waals surface area contributed by atoms with Gasteiger partial charge in [0.1, 0.15) is 10.6 Å². The Balaban J connectivity index is 1.87. The molecule has 1 saturated carbocycles. The molecule has 2 fully saturated rings. The molecule has 8 nitrogen and oxygen atoms in total. The molecule has 0 amide bonds. The molecular formula is C17H20ClN5O3S. The van der Waals surface area contributed by atoms with Gasteiger partial charge in [-0.05, 0) is 25.0 Å². The molecule has 1 saturated heterocycles. The van der Waals surface area contributed by atoms with Crippen molar-refractivity contribution >= 4 is 33.2 Å². The molecule has 0 unspecified atom stereocenters. The van der Waals surface area contributed by atoms with Crippen molar-refractivity contribution < 1.29 is 13.2 Å². The normalized spacial score (nSPS) is 19.1. The van der Waals surface area contributed by atoms with Crippen LogP contribution in [0.5, 0.6) is 0 Å². The van der Waals surface area contributed by atoms with Gasteiger partial charge in [0.15, 0.2) is 9.84 Å². The Morgan fingerprint density at radius 3 is 2.52 bits per heavy atom. The van der Waals surface area contributed by atoms with Gasteiger partial charge in [-0.2, -0.15) is 0 Å². The van der Waals surface area contributed by atoms with E-state index in [0.29, 0.717) is 72.9 Å². The molecule has 2 N–H and O–H groups in total. The largest absolute Gasteiger partial charge is 0.384 e. The Labute approximate surface area is 162 Å². The van der Waals surface area contributed by atoms with E-state index < -0.39 is 14.6 Å². The van der Waals surface area contributed by atoms with E-state index in [9.17, 15) is 8.42 Å². The summed E-state index contributed by atoms with van der Waals surface area (Å²) >= 11 is 6.34. The molecule has 2 aromatic rings. The number of aromatic nitrogens is 3. The molecule has 10 heteroatoms. The fourth-order valence-corrected chi connectivity index (χ4v) is 4.86. The van der Waals surface area contributed by atoms with Crippen molar-refractivity contribution in [2.45, 2.75) is 17.6 Å². The average Bonchev–Trinajstić information content (AvgIpc) is 3.44. The van der Waals surface area contributed by atoms with Gasteiger partial charge in [0.05, 0.1) is 29.6 Å². The van der Waals surface area contributed by atoms with Crippen molar-refractivity contribution in [1.29, 1.82) is 0 Å². The first-order chi connectivity index (χ1) is 12.8. The second-order valence-electron chi connectivity index (χ2n) is 6.89. The van der Waals surface area contributed by atoms with Crippen LogP contribution in [0.2, 0.25) is 5.02 Å². The van der Waals surface area contributed by atoms with E-state index in [2.05, 4.69) is 15.0 Å². The second-order valence-corrected chi connectivity index (χ2v) is 9.63. The number of pyridine rings is 1. The maximum Gasteiger partial charge on any atom is 0.226 e. The van der Waals surface area contributed by atoms with Gasteiger partial charge < -0.3 is 15.4 Å². The van der Waals surface area contributed by atoms with Crippen LogP contribution in [-0.2, 0) is 19.3 Å². The third-order valence-corrected chi connectivity index (χ3v) is 7.39. The van der Waals surface area contributed by atoms with Gasteiger partial charge in [-0.3, -0.25) is 0 Å². The number of hydrogen-bond acceptors (Lipinski definition) is 8. The third kappa shape index (κ3) is 3.35. The first-order valence-electron chi connectivity index (χ1n) is 8.63. The average molecular weight is 410 g/mol. The maximum atomic E-state index is 12.4. The summed E-state index contributed by atoms with van der Waals surface area (Å²) in [5, 5.41) is 0.407. The lowest BCUT2D eigenvalue weighted by Crippen LogP contribution is -2.38. The van der Waals surface area contributed by atoms with Crippen molar-refractivity contribution in [2.24, 2.45) is 0 Å². The highest BCUT2D eigenvalue weighted by Crippen LogP contribution is 2.52. The zero-order valence-corrected chi connectivity index (χ0v) is 16.4. The fraction of sp³-hybridized carbons (Fsp3) is 0.471. The van der Waals surface area contributed by atoms with Crippen molar-refractivity contribution in [3.8, 4) is 11.3 Å². The van der Waals surface area contributed by atoms with Crippen LogP contribution in [0.15, 0.2) is 18.3 Å². The third-order valence-electron chi connectivity index (χ3n) is 5.04. The van der Waals surface area contributed by atoms with Crippen LogP contribution in [0.3, 0.4) is 0 Å². The van der Waals surface area contributed by atoms with Gasteiger partial charge in [-0.15, -0.1) is 0 Å². The molecule has 2 aromatic heterocycles. The molecule has 0 radical (unpaired) electrons. The maximum absolute atomic E-state index is 12.4. The number of nitrogen functional groups attached to an aromatic ring is 1. The molecule has 0 bridgehead atoms. The van der Waals surface area contributed by atoms with Crippen molar-refractivity contribution in [2.75, 3.05) is 43.2 Å². The Kier molecular flexibility index (Phi) is 4.48. The smallest absolute Gasteiger partial charge is 0.226 e. The minimum atomic E-state index is -3.31. The molecule has 1 aliphatic carbocycles. The van der Waals surface area contributed by atoms with Gasteiger partial charge in [0.25, 0.3) is 0 Å². The summed E-state index contributed by atoms with van der Waals surface area (Å²) in [6.07, 6.45) is 3.91. The zero-order chi connectivity index (χ0) is 19.2. The van der Waals surface area contributed by atoms with Crippen LogP contribution >= 0.6 is 11.6 Å². The molecule has 3 heterocycles. The van der Waals surface area contributed by atoms with E-state index in [1.54, 1.807) is 18.3 Å². The first kappa shape index (κ1) is 18.4. The van der Waals surface area contributed by atoms with Crippen LogP contribution in [0.4, 0.5) is 11.8 Å². The van der Waals surface area contributed by atoms with Crippen LogP contribution in [-0.4, -0.2) is 55.9 Å². The highest BCUT2D eigenvalue weighted by molar-refractivity contribution is 7.91. The van der Waals surface area contributed by atoms with Gasteiger partial charge in [-0.1, -0.05) is 11.6 Å². The molecule has 1 aliphatic heterocycles. The fourth-order valence-electron chi connectivity index (χ4n) is 3.28. The summed E-state index contributed by atoms with van der Waals surface area (Å²) in [7, 11) is -3.31. The molecular weight excluding hydrogens is 390 g/mol. The standard InChI is InChI=1S/C17H20ClN5O3S/c1-27(24,25)17(2-3-17)14-9-13(11-10-20-15(19)8-12(11)18)21-16(22-14)23-4-6-26-7-5-23/h8-10H,2-7H2,1H3,(H2,19,20). The summed E-state index contributed by atoms with van der Waals surface area (Å²) in [5.74, 6) is 0.787. The van der Waals surface area contributed by atoms with E-state index in [1.165, 1.54) is 6.26 Å². The number of morpholine rings is 1. The van der Waals surface area contributed by atoms with Crippen LogP contribution < -0.4 is 10.6 Å². The molecule has 4 rings (SSSR count). The molecule has 2 aliphatic rings. The van der Waals surface area contributed by atoms with Gasteiger partial charge in [0, 0.05) is 31.1 Å². The van der Waals surface area contributed by atoms with Gasteiger partial charge in [0.2, 0.25) is 5.95 Å². The Morgan fingerprint density at radius 2 is 1.93 bits per heavy atom. The Morgan fingerprint density at radius 1 is 1.22 bits per heavy atom. The number of sulfone groups is 1. The summed E-state index contributed by atoms with van der Waals surface area (Å²) in [5.41, 5.74) is 7.32. The van der Waals surface area contributed by atoms with Gasteiger partial charge >= 0.3 is 0 Å². The summed E-state index contributed by atoms with van der Waals surface area (Å²) in [6, 6.07) is 3.26. The number of hydrogen-bond donors (Lipinski definition) is 1. The quantitative estimate of drug-likeness (QED) is 0.811. The first-order valence-corrected chi connectivity index (χ1v) is 10.9. The summed E-state index contributed by atoms with van der Waals surface area (Å²) in [6.45, 7) is 2.43. The highest BCUT2D eigenvalue weighted by atomic mass is 35.5. The SMILES string of the molecule is CS(=O)(=O)C1(c2cc(-c3cnc(N)cc3Cl)nc(N3CCOCC3)n2)CC1. The van der Waals surface area contributed by atoms with E-state index >= 15 is 0 Å². The molecule has 144 valence electrons.